The van der Waals surface area contributed by atoms with Gasteiger partial charge in [-0.05, 0) is 42.5 Å². The maximum absolute atomic E-state index is 12.9. The number of carbonyl (C=O) groups is 2. The van der Waals surface area contributed by atoms with E-state index in [0.29, 0.717) is 30.6 Å². The van der Waals surface area contributed by atoms with E-state index in [9.17, 15) is 18.0 Å². The predicted molar refractivity (Wildman–Crippen MR) is 104 cm³/mol. The number of sulfonamides is 1. The first-order valence-electron chi connectivity index (χ1n) is 9.28. The number of amides is 2. The number of nitrogens with zero attached hydrogens (tertiary/aromatic N) is 2. The molecule has 2 aliphatic rings. The van der Waals surface area contributed by atoms with Crippen molar-refractivity contribution in [3.8, 4) is 0 Å². The summed E-state index contributed by atoms with van der Waals surface area (Å²) in [5, 5.41) is 11.8. The van der Waals surface area contributed by atoms with Gasteiger partial charge in [0.1, 0.15) is 5.70 Å². The van der Waals surface area contributed by atoms with Gasteiger partial charge in [-0.15, -0.1) is 0 Å². The largest absolute Gasteiger partial charge is 0.395 e. The van der Waals surface area contributed by atoms with Gasteiger partial charge in [-0.3, -0.25) is 14.5 Å². The Balaban J connectivity index is 1.73. The first-order valence-corrected chi connectivity index (χ1v) is 10.7. The molecule has 0 radical (unpaired) electrons. The molecule has 0 saturated carbocycles. The molecular weight excluding hydrogens is 382 g/mol. The van der Waals surface area contributed by atoms with Crippen molar-refractivity contribution in [1.29, 1.82) is 0 Å². The van der Waals surface area contributed by atoms with Crippen molar-refractivity contribution >= 4 is 27.5 Å². The fourth-order valence-electron chi connectivity index (χ4n) is 3.73. The molecule has 2 atom stereocenters. The normalized spacial score (nSPS) is 23.8. The van der Waals surface area contributed by atoms with Crippen LogP contribution in [0, 0.1) is 11.8 Å². The molecule has 2 heterocycles. The minimum absolute atomic E-state index is 0.0663. The average molecular weight is 407 g/mol. The smallest absolute Gasteiger partial charge is 0.277 e. The Labute approximate surface area is 164 Å². The van der Waals surface area contributed by atoms with Crippen molar-refractivity contribution in [3.63, 3.8) is 0 Å². The van der Waals surface area contributed by atoms with Gasteiger partial charge in [0.25, 0.3) is 11.8 Å². The Morgan fingerprint density at radius 2 is 1.71 bits per heavy atom. The molecule has 2 N–H and O–H groups in total. The third kappa shape index (κ3) is 4.11. The Morgan fingerprint density at radius 1 is 1.11 bits per heavy atom. The summed E-state index contributed by atoms with van der Waals surface area (Å²) < 4.78 is 27.3. The van der Waals surface area contributed by atoms with Crippen LogP contribution in [-0.4, -0.2) is 60.8 Å². The lowest BCUT2D eigenvalue weighted by Crippen LogP contribution is -2.42. The number of aliphatic hydroxyl groups is 1. The van der Waals surface area contributed by atoms with Gasteiger partial charge in [0.05, 0.1) is 18.0 Å². The van der Waals surface area contributed by atoms with E-state index in [2.05, 4.69) is 19.2 Å². The van der Waals surface area contributed by atoms with Gasteiger partial charge < -0.3 is 10.4 Å². The molecule has 1 aromatic carbocycles. The lowest BCUT2D eigenvalue weighted by Gasteiger charge is -2.34. The highest BCUT2D eigenvalue weighted by Gasteiger charge is 2.32. The van der Waals surface area contributed by atoms with Gasteiger partial charge in [0.2, 0.25) is 10.0 Å². The highest BCUT2D eigenvalue weighted by Crippen LogP contribution is 2.27. The monoisotopic (exact) mass is 407 g/mol. The van der Waals surface area contributed by atoms with Crippen LogP contribution in [0.1, 0.15) is 20.3 Å². The summed E-state index contributed by atoms with van der Waals surface area (Å²) in [6.07, 6.45) is 2.18. The number of carbonyl (C=O) groups excluding carboxylic acids is 2. The second-order valence-electron chi connectivity index (χ2n) is 7.49. The number of hydrogen-bond acceptors (Lipinski definition) is 6. The van der Waals surface area contributed by atoms with Crippen LogP contribution in [0.15, 0.2) is 40.9 Å². The maximum Gasteiger partial charge on any atom is 0.277 e. The molecule has 152 valence electrons. The number of imide groups is 1. The zero-order valence-electron chi connectivity index (χ0n) is 16.0. The molecule has 8 nitrogen and oxygen atoms in total. The predicted octanol–water partition coefficient (Wildman–Crippen LogP) is 1.01. The van der Waals surface area contributed by atoms with Crippen LogP contribution in [0.4, 0.5) is 5.69 Å². The van der Waals surface area contributed by atoms with E-state index < -0.39 is 21.8 Å². The van der Waals surface area contributed by atoms with Gasteiger partial charge in [0.15, 0.2) is 0 Å². The van der Waals surface area contributed by atoms with Crippen molar-refractivity contribution in [2.24, 2.45) is 11.8 Å². The summed E-state index contributed by atoms with van der Waals surface area (Å²) in [5.74, 6) is -0.375. The molecular formula is C19H25N3O5S. The highest BCUT2D eigenvalue weighted by atomic mass is 32.2. The summed E-state index contributed by atoms with van der Waals surface area (Å²) in [4.78, 5) is 25.1. The lowest BCUT2D eigenvalue weighted by atomic mass is 9.94. The Bertz CT molecular complexity index is 885. The highest BCUT2D eigenvalue weighted by molar-refractivity contribution is 7.89. The molecule has 0 bridgehead atoms. The molecule has 2 unspecified atom stereocenters. The summed E-state index contributed by atoms with van der Waals surface area (Å²) >= 11 is 0. The lowest BCUT2D eigenvalue weighted by molar-refractivity contribution is -0.137. The first-order chi connectivity index (χ1) is 13.2. The van der Waals surface area contributed by atoms with E-state index in [1.807, 2.05) is 0 Å². The van der Waals surface area contributed by atoms with E-state index in [0.717, 1.165) is 11.3 Å². The van der Waals surface area contributed by atoms with Gasteiger partial charge in [-0.2, -0.15) is 4.31 Å². The van der Waals surface area contributed by atoms with Crippen LogP contribution in [-0.2, 0) is 19.6 Å². The number of rotatable bonds is 6. The molecule has 0 aromatic heterocycles. The summed E-state index contributed by atoms with van der Waals surface area (Å²) in [6, 6.07) is 6.12. The summed E-state index contributed by atoms with van der Waals surface area (Å²) in [5.41, 5.74) is 0.588. The molecule has 2 amide bonds. The van der Waals surface area contributed by atoms with Crippen molar-refractivity contribution in [1.82, 2.24) is 9.21 Å². The fourth-order valence-corrected chi connectivity index (χ4v) is 5.41. The van der Waals surface area contributed by atoms with Crippen LogP contribution in [0.5, 0.6) is 0 Å². The minimum atomic E-state index is -3.57. The van der Waals surface area contributed by atoms with E-state index >= 15 is 0 Å². The quantitative estimate of drug-likeness (QED) is 0.682. The SMILES string of the molecule is CC1CC(C)CN(S(=O)(=O)c2ccc(NC3=CC(=O)N(CCO)C3=O)cc2)C1. The van der Waals surface area contributed by atoms with Gasteiger partial charge >= 0.3 is 0 Å². The molecule has 2 aliphatic heterocycles. The minimum Gasteiger partial charge on any atom is -0.395 e. The second kappa shape index (κ2) is 8.02. The zero-order chi connectivity index (χ0) is 20.5. The van der Waals surface area contributed by atoms with Crippen molar-refractivity contribution < 1.29 is 23.1 Å². The number of anilines is 1. The molecule has 0 aliphatic carbocycles. The van der Waals surface area contributed by atoms with Crippen LogP contribution in [0.2, 0.25) is 0 Å². The number of piperidine rings is 1. The van der Waals surface area contributed by atoms with Crippen molar-refractivity contribution in [3.05, 3.63) is 36.0 Å². The number of aliphatic hydroxyl groups excluding tert-OH is 1. The molecule has 1 saturated heterocycles. The maximum atomic E-state index is 12.9. The van der Waals surface area contributed by atoms with E-state index in [1.54, 1.807) is 12.1 Å². The molecule has 3 rings (SSSR count). The topological polar surface area (TPSA) is 107 Å². The van der Waals surface area contributed by atoms with Gasteiger partial charge in [0, 0.05) is 24.9 Å². The van der Waals surface area contributed by atoms with Crippen LogP contribution in [0.3, 0.4) is 0 Å². The third-order valence-electron chi connectivity index (χ3n) is 4.94. The number of benzene rings is 1. The molecule has 28 heavy (non-hydrogen) atoms. The molecule has 1 aromatic rings. The Hall–Kier alpha value is -2.23. The average Bonchev–Trinajstić information content (AvgIpc) is 2.89. The molecule has 0 spiro atoms. The number of hydrogen-bond donors (Lipinski definition) is 2. The van der Waals surface area contributed by atoms with Crippen molar-refractivity contribution in [2.45, 2.75) is 25.2 Å². The van der Waals surface area contributed by atoms with E-state index in [1.165, 1.54) is 22.5 Å². The van der Waals surface area contributed by atoms with Crippen molar-refractivity contribution in [2.75, 3.05) is 31.6 Å². The Morgan fingerprint density at radius 3 is 2.29 bits per heavy atom. The second-order valence-corrected chi connectivity index (χ2v) is 9.43. The summed E-state index contributed by atoms with van der Waals surface area (Å²) in [6.45, 7) is 4.76. The molecule has 9 heteroatoms. The molecule has 1 fully saturated rings. The van der Waals surface area contributed by atoms with Gasteiger partial charge in [-0.25, -0.2) is 8.42 Å². The third-order valence-corrected chi connectivity index (χ3v) is 6.79. The van der Waals surface area contributed by atoms with E-state index in [-0.39, 0.29) is 23.7 Å². The number of β-amino-alcohol motifs (C(OH)–C–C–N with tert-alkyl or cyclic N) is 1. The standard InChI is InChI=1S/C19H25N3O5S/c1-13-9-14(2)12-21(11-13)28(26,27)16-5-3-15(4-6-16)20-17-10-18(24)22(7-8-23)19(17)25/h3-6,10,13-14,20,23H,7-9,11-12H2,1-2H3. The van der Waals surface area contributed by atoms with Crippen LogP contribution < -0.4 is 5.32 Å². The Kier molecular flexibility index (Phi) is 5.87. The fraction of sp³-hybridized carbons (Fsp3) is 0.474. The number of nitrogens with one attached hydrogen (secondary N) is 1. The summed E-state index contributed by atoms with van der Waals surface area (Å²) in [7, 11) is -3.57. The van der Waals surface area contributed by atoms with Crippen LogP contribution >= 0.6 is 0 Å². The first kappa shape index (κ1) is 20.5. The van der Waals surface area contributed by atoms with E-state index in [4.69, 9.17) is 5.11 Å². The zero-order valence-corrected chi connectivity index (χ0v) is 16.8. The van der Waals surface area contributed by atoms with Gasteiger partial charge in [-0.1, -0.05) is 13.8 Å². The van der Waals surface area contributed by atoms with Crippen LogP contribution in [0.25, 0.3) is 0 Å².